The van der Waals surface area contributed by atoms with E-state index in [-0.39, 0.29) is 24.9 Å². The van der Waals surface area contributed by atoms with Gasteiger partial charge in [0.25, 0.3) is 0 Å². The van der Waals surface area contributed by atoms with Gasteiger partial charge >= 0.3 is 7.60 Å². The average molecular weight is 423 g/mol. The van der Waals surface area contributed by atoms with Gasteiger partial charge in [-0.05, 0) is 38.2 Å². The average Bonchev–Trinajstić information content (AvgIpc) is 3.53. The number of carbonyl (C=O) groups excluding carboxylic acids is 1. The van der Waals surface area contributed by atoms with Crippen LogP contribution in [0.5, 0.6) is 0 Å². The summed E-state index contributed by atoms with van der Waals surface area (Å²) in [5, 5.41) is 0. The molecule has 1 aliphatic rings. The summed E-state index contributed by atoms with van der Waals surface area (Å²) in [6, 6.07) is 18.9. The van der Waals surface area contributed by atoms with Gasteiger partial charge in [0.05, 0.1) is 24.5 Å². The third-order valence-corrected chi connectivity index (χ3v) is 7.30. The summed E-state index contributed by atoms with van der Waals surface area (Å²) in [7, 11) is -3.59. The van der Waals surface area contributed by atoms with Gasteiger partial charge in [-0.25, -0.2) is 0 Å². The zero-order valence-corrected chi connectivity index (χ0v) is 18.2. The second-order valence-electron chi connectivity index (χ2n) is 7.31. The van der Waals surface area contributed by atoms with E-state index in [9.17, 15) is 9.36 Å². The largest absolute Gasteiger partial charge is 0.377 e. The molecule has 6 heteroatoms. The number of H-pyrrole nitrogens is 1. The number of hydrogen-bond donors (Lipinski definition) is 1. The lowest BCUT2D eigenvalue weighted by Gasteiger charge is -2.17. The predicted octanol–water partition coefficient (Wildman–Crippen LogP) is 5.68. The van der Waals surface area contributed by atoms with Crippen molar-refractivity contribution < 1.29 is 18.4 Å². The van der Waals surface area contributed by atoms with E-state index in [0.717, 1.165) is 24.0 Å². The van der Waals surface area contributed by atoms with Crippen molar-refractivity contribution in [1.82, 2.24) is 4.98 Å². The molecule has 0 bridgehead atoms. The number of ketones is 1. The van der Waals surface area contributed by atoms with Crippen LogP contribution in [-0.4, -0.2) is 24.0 Å². The van der Waals surface area contributed by atoms with Gasteiger partial charge in [-0.1, -0.05) is 60.7 Å². The maximum atomic E-state index is 13.7. The molecule has 30 heavy (non-hydrogen) atoms. The lowest BCUT2D eigenvalue weighted by atomic mass is 9.95. The second kappa shape index (κ2) is 8.73. The van der Waals surface area contributed by atoms with Crippen LogP contribution in [-0.2, 0) is 13.6 Å². The summed E-state index contributed by atoms with van der Waals surface area (Å²) < 4.78 is 25.0. The molecule has 0 spiro atoms. The van der Waals surface area contributed by atoms with Crippen LogP contribution in [0.1, 0.15) is 54.1 Å². The van der Waals surface area contributed by atoms with Gasteiger partial charge in [-0.15, -0.1) is 0 Å². The number of rotatable bonds is 9. The highest BCUT2D eigenvalue weighted by molar-refractivity contribution is 7.62. The Kier molecular flexibility index (Phi) is 6.05. The first-order valence-corrected chi connectivity index (χ1v) is 11.9. The van der Waals surface area contributed by atoms with Crippen molar-refractivity contribution in [3.63, 3.8) is 0 Å². The molecule has 0 aliphatic heterocycles. The molecular weight excluding hydrogens is 397 g/mol. The lowest BCUT2D eigenvalue weighted by molar-refractivity contribution is 0.103. The van der Waals surface area contributed by atoms with Crippen LogP contribution in [0.2, 0.25) is 0 Å². The van der Waals surface area contributed by atoms with Gasteiger partial charge < -0.3 is 14.0 Å². The van der Waals surface area contributed by atoms with Crippen molar-refractivity contribution in [1.29, 1.82) is 0 Å². The van der Waals surface area contributed by atoms with Crippen molar-refractivity contribution in [2.45, 2.75) is 32.6 Å². The van der Waals surface area contributed by atoms with Crippen LogP contribution >= 0.6 is 7.60 Å². The Labute approximate surface area is 177 Å². The topological polar surface area (TPSA) is 68.4 Å². The van der Waals surface area contributed by atoms with Crippen molar-refractivity contribution in [3.8, 4) is 11.3 Å². The third-order valence-electron chi connectivity index (χ3n) is 5.20. The van der Waals surface area contributed by atoms with E-state index < -0.39 is 7.60 Å². The number of aromatic amines is 1. The van der Waals surface area contributed by atoms with E-state index in [1.165, 1.54) is 0 Å². The summed E-state index contributed by atoms with van der Waals surface area (Å²) in [6.45, 7) is 4.09. The van der Waals surface area contributed by atoms with E-state index in [1.807, 2.05) is 60.7 Å². The first-order chi connectivity index (χ1) is 14.6. The van der Waals surface area contributed by atoms with Gasteiger partial charge in [0, 0.05) is 11.1 Å². The maximum Gasteiger partial charge on any atom is 0.377 e. The van der Waals surface area contributed by atoms with Gasteiger partial charge in [0.15, 0.2) is 5.78 Å². The summed E-state index contributed by atoms with van der Waals surface area (Å²) in [4.78, 5) is 17.0. The summed E-state index contributed by atoms with van der Waals surface area (Å²) in [5.74, 6) is 0.0870. The number of nitrogens with one attached hydrogen (secondary N) is 1. The summed E-state index contributed by atoms with van der Waals surface area (Å²) >= 11 is 0. The van der Waals surface area contributed by atoms with Crippen molar-refractivity contribution in [3.05, 3.63) is 77.4 Å². The van der Waals surface area contributed by atoms with Gasteiger partial charge in [0.2, 0.25) is 0 Å². The highest BCUT2D eigenvalue weighted by atomic mass is 31.2. The number of hydrogen-bond acceptors (Lipinski definition) is 4. The molecule has 0 amide bonds. The molecule has 3 aromatic rings. The highest BCUT2D eigenvalue weighted by Gasteiger charge is 2.42. The monoisotopic (exact) mass is 423 g/mol. The van der Waals surface area contributed by atoms with Crippen LogP contribution in [0.15, 0.2) is 60.7 Å². The molecule has 5 nitrogen and oxygen atoms in total. The Morgan fingerprint density at radius 1 is 0.967 bits per heavy atom. The molecule has 1 saturated carbocycles. The van der Waals surface area contributed by atoms with Gasteiger partial charge in [-0.2, -0.15) is 0 Å². The first-order valence-electron chi connectivity index (χ1n) is 10.4. The van der Waals surface area contributed by atoms with Crippen LogP contribution in [0.3, 0.4) is 0 Å². The Balaban J connectivity index is 1.98. The molecule has 1 heterocycles. The van der Waals surface area contributed by atoms with Crippen LogP contribution < -0.4 is 5.44 Å². The van der Waals surface area contributed by atoms with E-state index >= 15 is 0 Å². The minimum atomic E-state index is -3.59. The van der Waals surface area contributed by atoms with E-state index in [1.54, 1.807) is 13.8 Å². The summed E-state index contributed by atoms with van der Waals surface area (Å²) in [5.41, 5.74) is 3.92. The molecule has 1 aliphatic carbocycles. The number of carbonyl (C=O) groups is 1. The molecule has 0 saturated heterocycles. The van der Waals surface area contributed by atoms with E-state index in [4.69, 9.17) is 9.05 Å². The first kappa shape index (κ1) is 20.8. The van der Waals surface area contributed by atoms with E-state index in [2.05, 4.69) is 4.98 Å². The molecule has 0 unspecified atom stereocenters. The molecular formula is C24H26NO4P. The van der Waals surface area contributed by atoms with Gasteiger partial charge in [-0.3, -0.25) is 9.36 Å². The van der Waals surface area contributed by atoms with E-state index in [0.29, 0.717) is 22.3 Å². The fourth-order valence-electron chi connectivity index (χ4n) is 3.78. The van der Waals surface area contributed by atoms with Gasteiger partial charge in [0.1, 0.15) is 5.44 Å². The molecule has 1 fully saturated rings. The third kappa shape index (κ3) is 3.93. The zero-order chi connectivity index (χ0) is 21.1. The predicted molar refractivity (Wildman–Crippen MR) is 119 cm³/mol. The molecule has 2 aromatic carbocycles. The van der Waals surface area contributed by atoms with Crippen molar-refractivity contribution in [2.24, 2.45) is 0 Å². The summed E-state index contributed by atoms with van der Waals surface area (Å²) in [6.07, 6.45) is 1.90. The Morgan fingerprint density at radius 3 is 2.07 bits per heavy atom. The second-order valence-corrected chi connectivity index (χ2v) is 9.26. The molecule has 1 aromatic heterocycles. The minimum Gasteiger partial charge on any atom is -0.348 e. The molecule has 0 radical (unpaired) electrons. The lowest BCUT2D eigenvalue weighted by Crippen LogP contribution is -2.17. The SMILES string of the molecule is CCOP(=O)(OCC)c1[nH]c(-c2ccccc2)c(C(=O)c2ccccc2)c1C1CC1. The smallest absolute Gasteiger partial charge is 0.348 e. The maximum absolute atomic E-state index is 13.7. The van der Waals surface area contributed by atoms with Crippen molar-refractivity contribution in [2.75, 3.05) is 13.2 Å². The van der Waals surface area contributed by atoms with Crippen LogP contribution in [0.4, 0.5) is 0 Å². The Hall–Kier alpha value is -2.46. The highest BCUT2D eigenvalue weighted by Crippen LogP contribution is 2.53. The van der Waals surface area contributed by atoms with Crippen LogP contribution in [0.25, 0.3) is 11.3 Å². The fraction of sp³-hybridized carbons (Fsp3) is 0.292. The molecule has 4 rings (SSSR count). The Bertz CT molecular complexity index is 1060. The quantitative estimate of drug-likeness (QED) is 0.355. The van der Waals surface area contributed by atoms with Crippen molar-refractivity contribution >= 4 is 18.8 Å². The standard InChI is InChI=1S/C24H26NO4P/c1-3-28-30(27,29-4-2)24-20(17-15-16-17)21(23(26)19-13-9-6-10-14-19)22(25-24)18-11-7-5-8-12-18/h5-14,17,25H,3-4,15-16H2,1-2H3. The normalized spacial score (nSPS) is 14.1. The molecule has 156 valence electrons. The molecule has 0 atom stereocenters. The fourth-order valence-corrected chi connectivity index (χ4v) is 5.63. The van der Waals surface area contributed by atoms with Crippen LogP contribution in [0, 0.1) is 0 Å². The number of aromatic nitrogens is 1. The number of benzene rings is 2. The minimum absolute atomic E-state index is 0.0848. The molecule has 1 N–H and O–H groups in total. The Morgan fingerprint density at radius 2 is 1.53 bits per heavy atom. The zero-order valence-electron chi connectivity index (χ0n) is 17.3.